The number of H-pyrrole nitrogens is 1. The Bertz CT molecular complexity index is 620. The molecule has 0 bridgehead atoms. The minimum atomic E-state index is -0.268. The minimum Gasteiger partial charge on any atom is -0.346 e. The van der Waals surface area contributed by atoms with Gasteiger partial charge in [-0.3, -0.25) is 9.89 Å². The highest BCUT2D eigenvalue weighted by atomic mass is 16.2. The van der Waals surface area contributed by atoms with Gasteiger partial charge in [-0.25, -0.2) is 0 Å². The first-order valence-corrected chi connectivity index (χ1v) is 6.94. The van der Waals surface area contributed by atoms with Crippen LogP contribution in [-0.4, -0.2) is 21.6 Å². The molecule has 20 heavy (non-hydrogen) atoms. The zero-order chi connectivity index (χ0) is 15.0. The number of hydrogen-bond donors (Lipinski definition) is 2. The average molecular weight is 273 g/mol. The monoisotopic (exact) mass is 273 g/mol. The summed E-state index contributed by atoms with van der Waals surface area (Å²) in [5.74, 6) is -0.128. The lowest BCUT2D eigenvalue weighted by atomic mass is 9.82. The van der Waals surface area contributed by atoms with Gasteiger partial charge in [0.1, 0.15) is 0 Å². The van der Waals surface area contributed by atoms with Crippen LogP contribution in [0.15, 0.2) is 24.3 Å². The van der Waals surface area contributed by atoms with E-state index in [-0.39, 0.29) is 16.9 Å². The molecule has 0 saturated carbocycles. The normalized spacial score (nSPS) is 12.7. The van der Waals surface area contributed by atoms with E-state index in [1.54, 1.807) is 0 Å². The fourth-order valence-corrected chi connectivity index (χ4v) is 2.87. The number of hydrogen-bond acceptors (Lipinski definition) is 2. The maximum atomic E-state index is 12.4. The maximum absolute atomic E-state index is 12.4. The topological polar surface area (TPSA) is 57.8 Å². The van der Waals surface area contributed by atoms with Gasteiger partial charge in [0.2, 0.25) is 0 Å². The quantitative estimate of drug-likeness (QED) is 0.899. The molecular formula is C16H23N3O. The first-order chi connectivity index (χ1) is 9.18. The van der Waals surface area contributed by atoms with E-state index in [0.29, 0.717) is 5.69 Å². The first kappa shape index (κ1) is 14.6. The second-order valence-corrected chi connectivity index (χ2v) is 7.19. The van der Waals surface area contributed by atoms with Crippen LogP contribution in [0.2, 0.25) is 0 Å². The third kappa shape index (κ3) is 3.38. The molecule has 4 heteroatoms. The molecular weight excluding hydrogens is 250 g/mol. The van der Waals surface area contributed by atoms with E-state index in [0.717, 1.165) is 17.3 Å². The summed E-state index contributed by atoms with van der Waals surface area (Å²) >= 11 is 0. The lowest BCUT2D eigenvalue weighted by Gasteiger charge is -2.33. The number of rotatable bonds is 3. The summed E-state index contributed by atoms with van der Waals surface area (Å²) < 4.78 is 0. The van der Waals surface area contributed by atoms with Gasteiger partial charge in [-0.2, -0.15) is 5.10 Å². The zero-order valence-corrected chi connectivity index (χ0v) is 12.9. The Morgan fingerprint density at radius 1 is 1.20 bits per heavy atom. The molecule has 0 spiro atoms. The van der Waals surface area contributed by atoms with E-state index in [1.807, 2.05) is 38.1 Å². The molecule has 0 aliphatic carbocycles. The van der Waals surface area contributed by atoms with E-state index in [4.69, 9.17) is 0 Å². The molecule has 0 radical (unpaired) electrons. The van der Waals surface area contributed by atoms with Crippen molar-refractivity contribution in [3.8, 4) is 0 Å². The van der Waals surface area contributed by atoms with Gasteiger partial charge in [0, 0.05) is 10.9 Å². The highest BCUT2D eigenvalue weighted by molar-refractivity contribution is 6.04. The SMILES string of the molecule is CC(C)(C)CC(C)(C)NC(=O)c1n[nH]c2ccccc12. The van der Waals surface area contributed by atoms with Gasteiger partial charge >= 0.3 is 0 Å². The molecule has 0 saturated heterocycles. The van der Waals surface area contributed by atoms with Crippen molar-refractivity contribution >= 4 is 16.8 Å². The molecule has 1 amide bonds. The lowest BCUT2D eigenvalue weighted by molar-refractivity contribution is 0.0888. The second-order valence-electron chi connectivity index (χ2n) is 7.19. The number of aromatic amines is 1. The summed E-state index contributed by atoms with van der Waals surface area (Å²) in [6.45, 7) is 10.6. The fourth-order valence-electron chi connectivity index (χ4n) is 2.87. The maximum Gasteiger partial charge on any atom is 0.272 e. The standard InChI is InChI=1S/C16H23N3O/c1-15(2,3)10-16(4,5)17-14(20)13-11-8-6-7-9-12(11)18-19-13/h6-9H,10H2,1-5H3,(H,17,20)(H,18,19). The number of fused-ring (bicyclic) bond motifs is 1. The van der Waals surface area contributed by atoms with Crippen LogP contribution in [0, 0.1) is 5.41 Å². The molecule has 1 aromatic carbocycles. The van der Waals surface area contributed by atoms with E-state index >= 15 is 0 Å². The number of nitrogens with one attached hydrogen (secondary N) is 2. The van der Waals surface area contributed by atoms with Crippen molar-refractivity contribution in [2.24, 2.45) is 5.41 Å². The third-order valence-electron chi connectivity index (χ3n) is 3.11. The molecule has 0 unspecified atom stereocenters. The summed E-state index contributed by atoms with van der Waals surface area (Å²) in [7, 11) is 0. The molecule has 0 aliphatic heterocycles. The van der Waals surface area contributed by atoms with E-state index in [1.165, 1.54) is 0 Å². The van der Waals surface area contributed by atoms with Crippen LogP contribution < -0.4 is 5.32 Å². The Balaban J connectivity index is 2.20. The summed E-state index contributed by atoms with van der Waals surface area (Å²) in [4.78, 5) is 12.4. The summed E-state index contributed by atoms with van der Waals surface area (Å²) in [5.41, 5.74) is 1.23. The molecule has 1 heterocycles. The highest BCUT2D eigenvalue weighted by Crippen LogP contribution is 2.27. The molecule has 0 fully saturated rings. The van der Waals surface area contributed by atoms with Crippen molar-refractivity contribution in [3.63, 3.8) is 0 Å². The van der Waals surface area contributed by atoms with Crippen molar-refractivity contribution in [2.75, 3.05) is 0 Å². The van der Waals surface area contributed by atoms with Crippen LogP contribution in [0.25, 0.3) is 10.9 Å². The molecule has 2 N–H and O–H groups in total. The van der Waals surface area contributed by atoms with Gasteiger partial charge < -0.3 is 5.32 Å². The summed E-state index contributed by atoms with van der Waals surface area (Å²) in [6.07, 6.45) is 0.897. The minimum absolute atomic E-state index is 0.128. The number of carbonyl (C=O) groups excluding carboxylic acids is 1. The molecule has 2 aromatic rings. The average Bonchev–Trinajstić information content (AvgIpc) is 2.68. The van der Waals surface area contributed by atoms with Gasteiger partial charge in [-0.15, -0.1) is 0 Å². The van der Waals surface area contributed by atoms with Crippen LogP contribution in [-0.2, 0) is 0 Å². The zero-order valence-electron chi connectivity index (χ0n) is 12.9. The van der Waals surface area contributed by atoms with Crippen molar-refractivity contribution in [3.05, 3.63) is 30.0 Å². The third-order valence-corrected chi connectivity index (χ3v) is 3.11. The molecule has 2 rings (SSSR count). The Hall–Kier alpha value is -1.84. The predicted octanol–water partition coefficient (Wildman–Crippen LogP) is 3.51. The fraction of sp³-hybridized carbons (Fsp3) is 0.500. The van der Waals surface area contributed by atoms with Crippen LogP contribution in [0.1, 0.15) is 51.5 Å². The summed E-state index contributed by atoms with van der Waals surface area (Å²) in [5, 5.41) is 11.0. The smallest absolute Gasteiger partial charge is 0.272 e. The van der Waals surface area contributed by atoms with Gasteiger partial charge in [0.15, 0.2) is 5.69 Å². The number of para-hydroxylation sites is 1. The largest absolute Gasteiger partial charge is 0.346 e. The lowest BCUT2D eigenvalue weighted by Crippen LogP contribution is -2.46. The molecule has 0 aliphatic rings. The van der Waals surface area contributed by atoms with E-state index in [2.05, 4.69) is 36.3 Å². The summed E-state index contributed by atoms with van der Waals surface area (Å²) in [6, 6.07) is 7.66. The van der Waals surface area contributed by atoms with Crippen molar-refractivity contribution in [2.45, 2.75) is 46.6 Å². The van der Waals surface area contributed by atoms with Crippen molar-refractivity contribution in [1.82, 2.24) is 15.5 Å². The predicted molar refractivity (Wildman–Crippen MR) is 81.7 cm³/mol. The van der Waals surface area contributed by atoms with Crippen molar-refractivity contribution in [1.29, 1.82) is 0 Å². The Morgan fingerprint density at radius 2 is 1.85 bits per heavy atom. The van der Waals surface area contributed by atoms with Crippen LogP contribution >= 0.6 is 0 Å². The molecule has 4 nitrogen and oxygen atoms in total. The van der Waals surface area contributed by atoms with Crippen LogP contribution in [0.4, 0.5) is 0 Å². The van der Waals surface area contributed by atoms with Crippen LogP contribution in [0.3, 0.4) is 0 Å². The number of benzene rings is 1. The van der Waals surface area contributed by atoms with Gasteiger partial charge in [0.05, 0.1) is 5.52 Å². The second kappa shape index (κ2) is 4.93. The number of carbonyl (C=O) groups is 1. The number of amides is 1. The molecule has 1 aromatic heterocycles. The first-order valence-electron chi connectivity index (χ1n) is 6.94. The van der Waals surface area contributed by atoms with E-state index < -0.39 is 0 Å². The van der Waals surface area contributed by atoms with Gasteiger partial charge in [-0.05, 0) is 31.7 Å². The Labute approximate surface area is 120 Å². The van der Waals surface area contributed by atoms with Gasteiger partial charge in [-0.1, -0.05) is 39.0 Å². The van der Waals surface area contributed by atoms with Crippen LogP contribution in [0.5, 0.6) is 0 Å². The van der Waals surface area contributed by atoms with Crippen molar-refractivity contribution < 1.29 is 4.79 Å². The Morgan fingerprint density at radius 3 is 2.50 bits per heavy atom. The number of nitrogens with zero attached hydrogens (tertiary/aromatic N) is 1. The van der Waals surface area contributed by atoms with E-state index in [9.17, 15) is 4.79 Å². The Kier molecular flexibility index (Phi) is 3.59. The molecule has 108 valence electrons. The highest BCUT2D eigenvalue weighted by Gasteiger charge is 2.28. The van der Waals surface area contributed by atoms with Gasteiger partial charge in [0.25, 0.3) is 5.91 Å². The molecule has 0 atom stereocenters. The number of aromatic nitrogens is 2.